The summed E-state index contributed by atoms with van der Waals surface area (Å²) < 4.78 is 35.6. The van der Waals surface area contributed by atoms with E-state index in [1.807, 2.05) is 36.4 Å². The van der Waals surface area contributed by atoms with Crippen molar-refractivity contribution in [2.24, 2.45) is 0 Å². The van der Waals surface area contributed by atoms with Crippen molar-refractivity contribution in [3.05, 3.63) is 77.4 Å². The second-order valence-corrected chi connectivity index (χ2v) is 9.66. The third kappa shape index (κ3) is 6.18. The highest BCUT2D eigenvalue weighted by Gasteiger charge is 2.25. The number of rotatable bonds is 12. The average Bonchev–Trinajstić information content (AvgIpc) is 2.94. The van der Waals surface area contributed by atoms with Gasteiger partial charge in [-0.15, -0.1) is 0 Å². The van der Waals surface area contributed by atoms with Gasteiger partial charge in [-0.05, 0) is 66.8 Å². The van der Waals surface area contributed by atoms with Gasteiger partial charge in [-0.2, -0.15) is 0 Å². The number of hydrogen-bond donors (Lipinski definition) is 1. The van der Waals surface area contributed by atoms with Crippen LogP contribution in [0.15, 0.2) is 65.6 Å². The second kappa shape index (κ2) is 13.0. The first-order chi connectivity index (χ1) is 17.5. The molecule has 1 unspecified atom stereocenters. The topological polar surface area (TPSA) is 83.1 Å². The van der Waals surface area contributed by atoms with Crippen molar-refractivity contribution in [2.45, 2.75) is 29.4 Å². The molecule has 0 bridgehead atoms. The van der Waals surface area contributed by atoms with Crippen molar-refractivity contribution in [1.82, 2.24) is 5.32 Å². The summed E-state index contributed by atoms with van der Waals surface area (Å²) in [5.74, 6) is 2.21. The number of methoxy groups -OCH3 is 4. The molecular formula is C28H33NO6S. The summed E-state index contributed by atoms with van der Waals surface area (Å²) >= 11 is 0. The van der Waals surface area contributed by atoms with Crippen LogP contribution in [-0.4, -0.2) is 45.6 Å². The molecule has 0 aliphatic rings. The number of nitrogens with one attached hydrogen (secondary N) is 1. The molecule has 1 amide bonds. The van der Waals surface area contributed by atoms with Gasteiger partial charge in [-0.25, -0.2) is 0 Å². The number of amides is 1. The first-order valence-electron chi connectivity index (χ1n) is 11.6. The average molecular weight is 512 g/mol. The number of benzene rings is 3. The minimum atomic E-state index is -1.46. The van der Waals surface area contributed by atoms with E-state index < -0.39 is 10.8 Å². The lowest BCUT2D eigenvalue weighted by atomic mass is 10.0. The largest absolute Gasteiger partial charge is 0.497 e. The summed E-state index contributed by atoms with van der Waals surface area (Å²) in [6, 6.07) is 18.5. The predicted molar refractivity (Wildman–Crippen MR) is 141 cm³/mol. The molecule has 0 radical (unpaired) electrons. The van der Waals surface area contributed by atoms with Crippen LogP contribution in [0.3, 0.4) is 0 Å². The van der Waals surface area contributed by atoms with Gasteiger partial charge in [0.15, 0.2) is 11.5 Å². The summed E-state index contributed by atoms with van der Waals surface area (Å²) in [6.45, 7) is 0. The van der Waals surface area contributed by atoms with E-state index in [2.05, 4.69) is 5.32 Å². The molecule has 0 saturated heterocycles. The molecule has 3 aromatic carbocycles. The predicted octanol–water partition coefficient (Wildman–Crippen LogP) is 4.95. The molecule has 36 heavy (non-hydrogen) atoms. The van der Waals surface area contributed by atoms with E-state index in [0.717, 1.165) is 29.7 Å². The zero-order valence-electron chi connectivity index (χ0n) is 21.3. The van der Waals surface area contributed by atoms with Gasteiger partial charge in [0.25, 0.3) is 5.91 Å². The van der Waals surface area contributed by atoms with E-state index in [9.17, 15) is 9.00 Å². The molecule has 8 heteroatoms. The third-order valence-corrected chi connectivity index (χ3v) is 7.79. The number of carbonyl (C=O) groups excluding carboxylic acids is 1. The van der Waals surface area contributed by atoms with Crippen molar-refractivity contribution in [3.8, 4) is 23.0 Å². The van der Waals surface area contributed by atoms with E-state index in [4.69, 9.17) is 18.9 Å². The van der Waals surface area contributed by atoms with E-state index in [1.54, 1.807) is 59.8 Å². The molecule has 192 valence electrons. The first kappa shape index (κ1) is 27.1. The summed E-state index contributed by atoms with van der Waals surface area (Å²) in [6.07, 6.45) is 2.11. The maximum atomic E-state index is 13.9. The highest BCUT2D eigenvalue weighted by atomic mass is 32.2. The molecule has 7 nitrogen and oxygen atoms in total. The zero-order valence-corrected chi connectivity index (χ0v) is 22.1. The fraction of sp³-hybridized carbons (Fsp3) is 0.321. The molecule has 2 atom stereocenters. The minimum absolute atomic E-state index is 0.259. The Bertz CT molecular complexity index is 1170. The van der Waals surface area contributed by atoms with Gasteiger partial charge in [-0.1, -0.05) is 24.3 Å². The van der Waals surface area contributed by atoms with Crippen molar-refractivity contribution < 1.29 is 28.0 Å². The fourth-order valence-corrected chi connectivity index (χ4v) is 5.79. The molecule has 1 N–H and O–H groups in total. The monoisotopic (exact) mass is 511 g/mol. The van der Waals surface area contributed by atoms with Gasteiger partial charge in [0.05, 0.1) is 54.9 Å². The van der Waals surface area contributed by atoms with E-state index in [1.165, 1.54) is 0 Å². The van der Waals surface area contributed by atoms with Crippen LogP contribution < -0.4 is 24.3 Å². The molecular weight excluding hydrogens is 478 g/mol. The van der Waals surface area contributed by atoms with E-state index in [-0.39, 0.29) is 11.2 Å². The number of hydrogen-bond acceptors (Lipinski definition) is 6. The Kier molecular flexibility index (Phi) is 9.76. The molecule has 3 aromatic rings. The fourth-order valence-electron chi connectivity index (χ4n) is 4.10. The molecule has 0 aromatic heterocycles. The third-order valence-electron chi connectivity index (χ3n) is 5.98. The Morgan fingerprint density at radius 2 is 1.53 bits per heavy atom. The van der Waals surface area contributed by atoms with Gasteiger partial charge < -0.3 is 24.3 Å². The second-order valence-electron chi connectivity index (χ2n) is 8.06. The van der Waals surface area contributed by atoms with Gasteiger partial charge >= 0.3 is 0 Å². The molecule has 3 rings (SSSR count). The quantitative estimate of drug-likeness (QED) is 0.370. The Balaban J connectivity index is 1.89. The van der Waals surface area contributed by atoms with Crippen LogP contribution in [0, 0.1) is 0 Å². The van der Waals surface area contributed by atoms with Crippen LogP contribution >= 0.6 is 0 Å². The van der Waals surface area contributed by atoms with Gasteiger partial charge in [0.2, 0.25) is 5.75 Å². The Morgan fingerprint density at radius 1 is 0.889 bits per heavy atom. The van der Waals surface area contributed by atoms with Crippen LogP contribution in [0.1, 0.15) is 39.6 Å². The molecule has 0 heterocycles. The summed E-state index contributed by atoms with van der Waals surface area (Å²) in [5, 5.41) is 2.33. The lowest BCUT2D eigenvalue weighted by Gasteiger charge is -2.20. The van der Waals surface area contributed by atoms with Gasteiger partial charge in [0.1, 0.15) is 5.75 Å². The van der Waals surface area contributed by atoms with Crippen LogP contribution in [0.2, 0.25) is 0 Å². The molecule has 0 spiro atoms. The van der Waals surface area contributed by atoms with Gasteiger partial charge in [-0.3, -0.25) is 9.00 Å². The highest BCUT2D eigenvalue weighted by Crippen LogP contribution is 2.39. The molecule has 0 saturated carbocycles. The number of ether oxygens (including phenoxy) is 4. The maximum absolute atomic E-state index is 13.9. The number of aryl methyl sites for hydroxylation is 1. The van der Waals surface area contributed by atoms with Crippen molar-refractivity contribution in [3.63, 3.8) is 0 Å². The van der Waals surface area contributed by atoms with Crippen LogP contribution in [0.25, 0.3) is 0 Å². The molecule has 0 aliphatic carbocycles. The minimum Gasteiger partial charge on any atom is -0.497 e. The number of carbonyl (C=O) groups is 1. The Labute approximate surface area is 215 Å². The summed E-state index contributed by atoms with van der Waals surface area (Å²) in [7, 11) is 6.48. The maximum Gasteiger partial charge on any atom is 0.252 e. The van der Waals surface area contributed by atoms with Crippen molar-refractivity contribution >= 4 is 16.7 Å². The lowest BCUT2D eigenvalue weighted by Crippen LogP contribution is -2.21. The zero-order chi connectivity index (χ0) is 26.1. The Morgan fingerprint density at radius 3 is 2.08 bits per heavy atom. The standard InChI is InChI=1S/C28H33NO6S/c1-29-28(30)22-10-6-7-11-26(22)36(31)25(20-13-15-21(32-2)16-14-20)12-8-9-19-17-23(33-3)27(35-5)24(18-19)34-4/h6-7,10-11,13-18,25H,8-9,12H2,1-5H3,(H,29,30)/t25-,36?/m1/s1. The SMILES string of the molecule is CNC(=O)c1ccccc1S(=O)[C@H](CCCc1cc(OC)c(OC)c(OC)c1)c1ccc(OC)cc1. The van der Waals surface area contributed by atoms with Gasteiger partial charge in [0, 0.05) is 7.05 Å². The van der Waals surface area contributed by atoms with E-state index in [0.29, 0.717) is 34.1 Å². The first-order valence-corrected chi connectivity index (χ1v) is 12.8. The summed E-state index contributed by atoms with van der Waals surface area (Å²) in [5.41, 5.74) is 2.36. The Hall–Kier alpha value is -3.52. The van der Waals surface area contributed by atoms with Crippen LogP contribution in [-0.2, 0) is 17.2 Å². The highest BCUT2D eigenvalue weighted by molar-refractivity contribution is 7.85. The van der Waals surface area contributed by atoms with Crippen molar-refractivity contribution in [2.75, 3.05) is 35.5 Å². The van der Waals surface area contributed by atoms with Crippen LogP contribution in [0.5, 0.6) is 23.0 Å². The van der Waals surface area contributed by atoms with E-state index >= 15 is 0 Å². The summed E-state index contributed by atoms with van der Waals surface area (Å²) in [4.78, 5) is 13.0. The normalized spacial score (nSPS) is 12.4. The van der Waals surface area contributed by atoms with Crippen LogP contribution in [0.4, 0.5) is 0 Å². The molecule has 0 aliphatic heterocycles. The molecule has 0 fully saturated rings. The lowest BCUT2D eigenvalue weighted by molar-refractivity contribution is 0.0960. The smallest absolute Gasteiger partial charge is 0.252 e. The van der Waals surface area contributed by atoms with Crippen molar-refractivity contribution in [1.29, 1.82) is 0 Å².